The number of nitrogens with zero attached hydrogens (tertiary/aromatic N) is 2. The Hall–Kier alpha value is -2.78. The van der Waals surface area contributed by atoms with E-state index in [1.165, 1.54) is 32.1 Å². The smallest absolute Gasteiger partial charge is 0.269 e. The number of urea groups is 2. The highest BCUT2D eigenvalue weighted by Crippen LogP contribution is 2.25. The molecule has 0 unspecified atom stereocenters. The number of hydrogen-bond acceptors (Lipinski definition) is 6. The second-order valence-electron chi connectivity index (χ2n) is 8.06. The predicted octanol–water partition coefficient (Wildman–Crippen LogP) is 2.21. The molecule has 3 rings (SSSR count). The lowest BCUT2D eigenvalue weighted by molar-refractivity contribution is -0.141. The van der Waals surface area contributed by atoms with Gasteiger partial charge in [-0.1, -0.05) is 64.7 Å². The van der Waals surface area contributed by atoms with E-state index in [0.717, 1.165) is 54.7 Å². The highest BCUT2D eigenvalue weighted by molar-refractivity contribution is 6.45. The third-order valence-corrected chi connectivity index (χ3v) is 5.68. The van der Waals surface area contributed by atoms with Crippen molar-refractivity contribution in [2.45, 2.75) is 90.0 Å². The molecular weight excluding hydrogens is 404 g/mol. The van der Waals surface area contributed by atoms with Crippen LogP contribution in [0.25, 0.3) is 0 Å². The summed E-state index contributed by atoms with van der Waals surface area (Å²) in [6.07, 6.45) is 12.9. The zero-order valence-corrected chi connectivity index (χ0v) is 18.1. The van der Waals surface area contributed by atoms with Crippen molar-refractivity contribution in [1.82, 2.24) is 20.4 Å². The lowest BCUT2D eigenvalue weighted by Gasteiger charge is -2.18. The summed E-state index contributed by atoms with van der Waals surface area (Å²) in [6.45, 7) is 2.55. The highest BCUT2D eigenvalue weighted by Gasteiger charge is 2.42. The topological polar surface area (TPSA) is 133 Å². The molecule has 2 heterocycles. The van der Waals surface area contributed by atoms with Gasteiger partial charge < -0.3 is 0 Å². The van der Waals surface area contributed by atoms with Crippen LogP contribution in [-0.2, 0) is 19.2 Å². The molecule has 2 aliphatic heterocycles. The molecule has 3 fully saturated rings. The van der Waals surface area contributed by atoms with Crippen LogP contribution in [0.1, 0.15) is 84.0 Å². The molecule has 10 heteroatoms. The molecule has 0 aromatic rings. The Bertz CT molecular complexity index is 717. The summed E-state index contributed by atoms with van der Waals surface area (Å²) in [7, 11) is 0. The largest absolute Gasteiger partial charge is 0.331 e. The molecule has 31 heavy (non-hydrogen) atoms. The Labute approximate surface area is 182 Å². The Kier molecular flexibility index (Phi) is 9.61. The molecule has 172 valence electrons. The zero-order valence-electron chi connectivity index (χ0n) is 18.1. The maximum absolute atomic E-state index is 11.2. The quantitative estimate of drug-likeness (QED) is 0.306. The molecular formula is C21H32N4O6. The Morgan fingerprint density at radius 1 is 0.710 bits per heavy atom. The minimum Gasteiger partial charge on any atom is -0.269 e. The molecule has 1 aliphatic carbocycles. The molecule has 10 nitrogen and oxygen atoms in total. The van der Waals surface area contributed by atoms with Crippen molar-refractivity contribution < 1.29 is 28.8 Å². The summed E-state index contributed by atoms with van der Waals surface area (Å²) in [4.78, 5) is 68.6. The van der Waals surface area contributed by atoms with E-state index < -0.39 is 35.7 Å². The van der Waals surface area contributed by atoms with Gasteiger partial charge in [0.2, 0.25) is 0 Å². The first-order valence-corrected chi connectivity index (χ1v) is 11.2. The van der Waals surface area contributed by atoms with Crippen LogP contribution < -0.4 is 10.6 Å². The fourth-order valence-electron chi connectivity index (χ4n) is 3.95. The van der Waals surface area contributed by atoms with Gasteiger partial charge in [-0.2, -0.15) is 0 Å². The first kappa shape index (κ1) is 24.5. The second kappa shape index (κ2) is 12.2. The van der Waals surface area contributed by atoms with Gasteiger partial charge in [0.05, 0.1) is 0 Å². The van der Waals surface area contributed by atoms with Gasteiger partial charge in [-0.3, -0.25) is 39.6 Å². The van der Waals surface area contributed by atoms with Gasteiger partial charge >= 0.3 is 35.7 Å². The highest BCUT2D eigenvalue weighted by atomic mass is 16.2. The number of unbranched alkanes of at least 4 members (excludes halogenated alkanes) is 7. The molecule has 0 aromatic carbocycles. The van der Waals surface area contributed by atoms with E-state index in [-0.39, 0.29) is 6.04 Å². The average Bonchev–Trinajstić information content (AvgIpc) is 3.40. The number of rotatable bonds is 10. The molecule has 0 atom stereocenters. The van der Waals surface area contributed by atoms with Crippen LogP contribution in [0.2, 0.25) is 0 Å². The second-order valence-corrected chi connectivity index (χ2v) is 8.06. The van der Waals surface area contributed by atoms with Gasteiger partial charge in [-0.25, -0.2) is 9.59 Å². The molecule has 1 saturated carbocycles. The summed E-state index contributed by atoms with van der Waals surface area (Å²) in [5.74, 6) is -3.02. The van der Waals surface area contributed by atoms with Gasteiger partial charge in [0.15, 0.2) is 0 Å². The van der Waals surface area contributed by atoms with E-state index in [2.05, 4.69) is 6.92 Å². The number of carbonyl (C=O) groups is 6. The van der Waals surface area contributed by atoms with Crippen molar-refractivity contribution >= 4 is 35.7 Å². The van der Waals surface area contributed by atoms with Crippen LogP contribution in [0, 0.1) is 0 Å². The normalized spacial score (nSPS) is 19.1. The van der Waals surface area contributed by atoms with E-state index in [1.807, 2.05) is 10.6 Å². The third kappa shape index (κ3) is 6.86. The van der Waals surface area contributed by atoms with E-state index in [1.54, 1.807) is 0 Å². The Balaban J connectivity index is 0.000000231. The summed E-state index contributed by atoms with van der Waals surface area (Å²) in [5, 5.41) is 3.98. The first-order valence-electron chi connectivity index (χ1n) is 11.2. The third-order valence-electron chi connectivity index (χ3n) is 5.68. The SMILES string of the molecule is CCCCCCCCCCN1C(=O)NC(=O)C1=O.O=C1NC(=O)N(C2CCCC2)C1=O. The number of hydrogen-bond donors (Lipinski definition) is 2. The van der Waals surface area contributed by atoms with Crippen LogP contribution in [0.15, 0.2) is 0 Å². The summed E-state index contributed by atoms with van der Waals surface area (Å²) in [6, 6.07) is -1.19. The van der Waals surface area contributed by atoms with Crippen molar-refractivity contribution in [2.75, 3.05) is 6.54 Å². The van der Waals surface area contributed by atoms with Crippen molar-refractivity contribution in [3.8, 4) is 0 Å². The molecule has 0 bridgehead atoms. The number of carbonyl (C=O) groups excluding carboxylic acids is 6. The van der Waals surface area contributed by atoms with Crippen LogP contribution in [0.5, 0.6) is 0 Å². The minimum atomic E-state index is -0.806. The van der Waals surface area contributed by atoms with E-state index in [0.29, 0.717) is 6.54 Å². The monoisotopic (exact) mass is 436 g/mol. The molecule has 8 amide bonds. The summed E-state index contributed by atoms with van der Waals surface area (Å²) >= 11 is 0. The van der Waals surface area contributed by atoms with Gasteiger partial charge in [0.25, 0.3) is 0 Å². The van der Waals surface area contributed by atoms with Gasteiger partial charge in [0.1, 0.15) is 0 Å². The fourth-order valence-corrected chi connectivity index (χ4v) is 3.95. The molecule has 2 N–H and O–H groups in total. The Morgan fingerprint density at radius 3 is 1.71 bits per heavy atom. The number of nitrogens with one attached hydrogen (secondary N) is 2. The molecule has 3 aliphatic rings. The van der Waals surface area contributed by atoms with Crippen molar-refractivity contribution in [1.29, 1.82) is 0 Å². The fraction of sp³-hybridized carbons (Fsp3) is 0.714. The van der Waals surface area contributed by atoms with E-state index in [9.17, 15) is 28.8 Å². The number of imide groups is 4. The van der Waals surface area contributed by atoms with Crippen LogP contribution >= 0.6 is 0 Å². The first-order chi connectivity index (χ1) is 14.9. The molecule has 2 saturated heterocycles. The molecule has 0 spiro atoms. The van der Waals surface area contributed by atoms with Crippen LogP contribution in [0.3, 0.4) is 0 Å². The van der Waals surface area contributed by atoms with Gasteiger partial charge in [0, 0.05) is 12.6 Å². The zero-order chi connectivity index (χ0) is 22.8. The Morgan fingerprint density at radius 2 is 1.23 bits per heavy atom. The van der Waals surface area contributed by atoms with Crippen molar-refractivity contribution in [3.63, 3.8) is 0 Å². The molecule has 0 aromatic heterocycles. The summed E-state index contributed by atoms with van der Waals surface area (Å²) in [5.41, 5.74) is 0. The summed E-state index contributed by atoms with van der Waals surface area (Å²) < 4.78 is 0. The van der Waals surface area contributed by atoms with E-state index >= 15 is 0 Å². The van der Waals surface area contributed by atoms with Crippen LogP contribution in [-0.4, -0.2) is 58.1 Å². The maximum Gasteiger partial charge on any atom is 0.331 e. The molecule has 0 radical (unpaired) electrons. The predicted molar refractivity (Wildman–Crippen MR) is 111 cm³/mol. The minimum absolute atomic E-state index is 0.0565. The van der Waals surface area contributed by atoms with Crippen molar-refractivity contribution in [3.05, 3.63) is 0 Å². The maximum atomic E-state index is 11.2. The average molecular weight is 437 g/mol. The lowest BCUT2D eigenvalue weighted by Crippen LogP contribution is -2.39. The standard InChI is InChI=1S/C13H22N2O3.C8H10N2O3/c1-2-3-4-5-6-7-8-9-10-15-12(17)11(16)14-13(15)18;11-6-7(12)10(8(13)9-6)5-3-1-2-4-5/h2-10H2,1H3,(H,14,16,18);5H,1-4H2,(H,9,11,13). The number of amides is 8. The van der Waals surface area contributed by atoms with Crippen molar-refractivity contribution in [2.24, 2.45) is 0 Å². The van der Waals surface area contributed by atoms with Gasteiger partial charge in [-0.15, -0.1) is 0 Å². The lowest BCUT2D eigenvalue weighted by atomic mass is 10.1. The van der Waals surface area contributed by atoms with Crippen LogP contribution in [0.4, 0.5) is 9.59 Å². The van der Waals surface area contributed by atoms with Gasteiger partial charge in [-0.05, 0) is 19.3 Å². The van der Waals surface area contributed by atoms with E-state index in [4.69, 9.17) is 0 Å².